The van der Waals surface area contributed by atoms with Gasteiger partial charge < -0.3 is 9.73 Å². The Hall–Kier alpha value is -1.54. The quantitative estimate of drug-likeness (QED) is 0.861. The van der Waals surface area contributed by atoms with Gasteiger partial charge in [-0.05, 0) is 55.9 Å². The highest BCUT2D eigenvalue weighted by Gasteiger charge is 2.22. The molecule has 1 aromatic heterocycles. The van der Waals surface area contributed by atoms with Crippen molar-refractivity contribution < 1.29 is 4.42 Å². The average Bonchev–Trinajstić information content (AvgIpc) is 3.19. The van der Waals surface area contributed by atoms with E-state index in [2.05, 4.69) is 36.5 Å². The second-order valence-electron chi connectivity index (χ2n) is 5.57. The van der Waals surface area contributed by atoms with Crippen molar-refractivity contribution in [3.63, 3.8) is 0 Å². The Kier molecular flexibility index (Phi) is 3.43. The lowest BCUT2D eigenvalue weighted by molar-refractivity contribution is 0.416. The van der Waals surface area contributed by atoms with Crippen LogP contribution in [0.25, 0.3) is 0 Å². The lowest BCUT2D eigenvalue weighted by Crippen LogP contribution is -2.17. The second kappa shape index (κ2) is 5.22. The monoisotopic (exact) mass is 255 g/mol. The highest BCUT2D eigenvalue weighted by molar-refractivity contribution is 5.28. The number of benzene rings is 1. The molecule has 1 aromatic carbocycles. The van der Waals surface area contributed by atoms with Crippen LogP contribution in [0.5, 0.6) is 0 Å². The molecule has 3 rings (SSSR count). The van der Waals surface area contributed by atoms with Crippen molar-refractivity contribution in [1.82, 2.24) is 5.32 Å². The molecule has 0 amide bonds. The maximum Gasteiger partial charge on any atom is 0.120 e. The molecule has 0 radical (unpaired) electrons. The Balaban J connectivity index is 1.56. The first-order valence-electron chi connectivity index (χ1n) is 7.11. The van der Waals surface area contributed by atoms with Gasteiger partial charge in [0.2, 0.25) is 0 Å². The maximum atomic E-state index is 5.63. The summed E-state index contributed by atoms with van der Waals surface area (Å²) >= 11 is 0. The van der Waals surface area contributed by atoms with Crippen LogP contribution < -0.4 is 5.32 Å². The maximum absolute atomic E-state index is 5.63. The van der Waals surface area contributed by atoms with Gasteiger partial charge in [0.1, 0.15) is 11.5 Å². The van der Waals surface area contributed by atoms with E-state index >= 15 is 0 Å². The minimum Gasteiger partial charge on any atom is -0.465 e. The van der Waals surface area contributed by atoms with Gasteiger partial charge in [-0.2, -0.15) is 0 Å². The van der Waals surface area contributed by atoms with Gasteiger partial charge in [0.05, 0.1) is 6.04 Å². The summed E-state index contributed by atoms with van der Waals surface area (Å²) in [6, 6.07) is 13.3. The molecule has 19 heavy (non-hydrogen) atoms. The molecule has 1 aliphatic carbocycles. The van der Waals surface area contributed by atoms with Gasteiger partial charge in [0.25, 0.3) is 0 Å². The third-order valence-electron chi connectivity index (χ3n) is 3.83. The van der Waals surface area contributed by atoms with E-state index < -0.39 is 0 Å². The smallest absolute Gasteiger partial charge is 0.120 e. The van der Waals surface area contributed by atoms with E-state index in [1.807, 2.05) is 19.1 Å². The number of furan rings is 1. The van der Waals surface area contributed by atoms with Gasteiger partial charge in [-0.3, -0.25) is 0 Å². The summed E-state index contributed by atoms with van der Waals surface area (Å²) in [5.41, 5.74) is 2.83. The zero-order valence-electron chi connectivity index (χ0n) is 11.6. The molecule has 1 fully saturated rings. The van der Waals surface area contributed by atoms with Crippen LogP contribution in [0.2, 0.25) is 0 Å². The molecule has 0 saturated heterocycles. The van der Waals surface area contributed by atoms with E-state index in [0.717, 1.165) is 24.0 Å². The van der Waals surface area contributed by atoms with Crippen LogP contribution in [-0.4, -0.2) is 0 Å². The summed E-state index contributed by atoms with van der Waals surface area (Å²) < 4.78 is 5.63. The third-order valence-corrected chi connectivity index (χ3v) is 3.83. The van der Waals surface area contributed by atoms with Gasteiger partial charge >= 0.3 is 0 Å². The van der Waals surface area contributed by atoms with Crippen molar-refractivity contribution in [2.45, 2.75) is 45.2 Å². The van der Waals surface area contributed by atoms with Crippen molar-refractivity contribution in [2.24, 2.45) is 0 Å². The molecule has 2 heteroatoms. The largest absolute Gasteiger partial charge is 0.465 e. The Labute approximate surface area is 114 Å². The summed E-state index contributed by atoms with van der Waals surface area (Å²) in [7, 11) is 0. The minimum atomic E-state index is 0.247. The van der Waals surface area contributed by atoms with Crippen LogP contribution in [-0.2, 0) is 6.54 Å². The van der Waals surface area contributed by atoms with E-state index in [9.17, 15) is 0 Å². The van der Waals surface area contributed by atoms with Crippen LogP contribution in [0.15, 0.2) is 40.8 Å². The summed E-state index contributed by atoms with van der Waals surface area (Å²) in [6.07, 6.45) is 2.74. The molecule has 0 bridgehead atoms. The Morgan fingerprint density at radius 3 is 2.47 bits per heavy atom. The summed E-state index contributed by atoms with van der Waals surface area (Å²) in [4.78, 5) is 0. The molecule has 1 unspecified atom stereocenters. The van der Waals surface area contributed by atoms with Gasteiger partial charge in [-0.1, -0.05) is 24.3 Å². The van der Waals surface area contributed by atoms with E-state index in [0.29, 0.717) is 0 Å². The molecule has 1 aliphatic rings. The first-order chi connectivity index (χ1) is 9.22. The molecule has 1 saturated carbocycles. The lowest BCUT2D eigenvalue weighted by atomic mass is 10.1. The molecular formula is C17H21NO. The second-order valence-corrected chi connectivity index (χ2v) is 5.57. The molecule has 1 heterocycles. The average molecular weight is 255 g/mol. The molecule has 2 nitrogen and oxygen atoms in total. The highest BCUT2D eigenvalue weighted by Crippen LogP contribution is 2.39. The van der Waals surface area contributed by atoms with E-state index in [1.54, 1.807) is 0 Å². The first kappa shape index (κ1) is 12.5. The van der Waals surface area contributed by atoms with Crippen molar-refractivity contribution >= 4 is 0 Å². The number of aryl methyl sites for hydroxylation is 1. The molecule has 2 aromatic rings. The highest BCUT2D eigenvalue weighted by atomic mass is 16.3. The van der Waals surface area contributed by atoms with Crippen molar-refractivity contribution in [3.05, 3.63) is 59.0 Å². The van der Waals surface area contributed by atoms with Gasteiger partial charge in [0.15, 0.2) is 0 Å². The molecule has 1 atom stereocenters. The summed E-state index contributed by atoms with van der Waals surface area (Å²) in [5, 5.41) is 3.50. The van der Waals surface area contributed by atoms with Crippen LogP contribution >= 0.6 is 0 Å². The summed E-state index contributed by atoms with van der Waals surface area (Å²) in [5.74, 6) is 2.82. The van der Waals surface area contributed by atoms with Crippen LogP contribution in [0.1, 0.15) is 54.4 Å². The Bertz CT molecular complexity index is 537. The van der Waals surface area contributed by atoms with E-state index in [4.69, 9.17) is 4.42 Å². The fraction of sp³-hybridized carbons (Fsp3) is 0.412. The fourth-order valence-electron chi connectivity index (χ4n) is 2.38. The molecule has 1 N–H and O–H groups in total. The molecule has 0 aliphatic heterocycles. The van der Waals surface area contributed by atoms with E-state index in [-0.39, 0.29) is 6.04 Å². The van der Waals surface area contributed by atoms with Crippen molar-refractivity contribution in [1.29, 1.82) is 0 Å². The van der Waals surface area contributed by atoms with Gasteiger partial charge in [0, 0.05) is 6.54 Å². The van der Waals surface area contributed by atoms with Crippen molar-refractivity contribution in [2.75, 3.05) is 0 Å². The van der Waals surface area contributed by atoms with E-state index in [1.165, 1.54) is 24.0 Å². The van der Waals surface area contributed by atoms with Crippen LogP contribution in [0, 0.1) is 6.92 Å². The standard InChI is InChI=1S/C17H21NO/c1-12-3-10-17(19-12)13(2)18-11-14-4-6-15(7-5-14)16-8-9-16/h3-7,10,13,16,18H,8-9,11H2,1-2H3. The number of rotatable bonds is 5. The first-order valence-corrected chi connectivity index (χ1v) is 7.11. The predicted molar refractivity (Wildman–Crippen MR) is 77.1 cm³/mol. The van der Waals surface area contributed by atoms with Crippen LogP contribution in [0.4, 0.5) is 0 Å². The van der Waals surface area contributed by atoms with Gasteiger partial charge in [-0.15, -0.1) is 0 Å². The van der Waals surface area contributed by atoms with Gasteiger partial charge in [-0.25, -0.2) is 0 Å². The topological polar surface area (TPSA) is 25.2 Å². The normalized spacial score (nSPS) is 16.5. The predicted octanol–water partition coefficient (Wildman–Crippen LogP) is 4.32. The third kappa shape index (κ3) is 3.07. The summed E-state index contributed by atoms with van der Waals surface area (Å²) in [6.45, 7) is 5.00. The number of nitrogens with one attached hydrogen (secondary N) is 1. The van der Waals surface area contributed by atoms with Crippen molar-refractivity contribution in [3.8, 4) is 0 Å². The minimum absolute atomic E-state index is 0.247. The molecule has 100 valence electrons. The molecule has 0 spiro atoms. The zero-order valence-corrected chi connectivity index (χ0v) is 11.6. The zero-order chi connectivity index (χ0) is 13.2. The van der Waals surface area contributed by atoms with Crippen LogP contribution in [0.3, 0.4) is 0 Å². The SMILES string of the molecule is Cc1ccc(C(C)NCc2ccc(C3CC3)cc2)o1. The number of hydrogen-bond acceptors (Lipinski definition) is 2. The number of hydrogen-bond donors (Lipinski definition) is 1. The Morgan fingerprint density at radius 2 is 1.89 bits per heavy atom. The fourth-order valence-corrected chi connectivity index (χ4v) is 2.38. The Morgan fingerprint density at radius 1 is 1.16 bits per heavy atom. The molecular weight excluding hydrogens is 234 g/mol. The lowest BCUT2D eigenvalue weighted by Gasteiger charge is -2.11.